The van der Waals surface area contributed by atoms with Crippen molar-refractivity contribution in [2.75, 3.05) is 0 Å². The summed E-state index contributed by atoms with van der Waals surface area (Å²) in [6.07, 6.45) is 0. The Kier molecular flexibility index (Phi) is 0.999. The van der Waals surface area contributed by atoms with Gasteiger partial charge in [0.25, 0.3) is 0 Å². The SMILES string of the molecule is Cc1c2n(oc1=O)-c1ccccc1-2. The largest absolute Gasteiger partial charge is 0.361 e. The lowest BCUT2D eigenvalue weighted by Gasteiger charge is -2.19. The Morgan fingerprint density at radius 1 is 1.31 bits per heavy atom. The zero-order chi connectivity index (χ0) is 9.00. The second-order valence-corrected chi connectivity index (χ2v) is 3.16. The fraction of sp³-hybridized carbons (Fsp3) is 0.100. The maximum Gasteiger partial charge on any atom is 0.361 e. The minimum absolute atomic E-state index is 0.244. The van der Waals surface area contributed by atoms with E-state index in [2.05, 4.69) is 0 Å². The summed E-state index contributed by atoms with van der Waals surface area (Å²) in [7, 11) is 0. The molecular formula is C10H7NO2. The quantitative estimate of drug-likeness (QED) is 0.518. The number of rotatable bonds is 0. The maximum atomic E-state index is 11.2. The fourth-order valence-corrected chi connectivity index (χ4v) is 1.73. The molecule has 64 valence electrons. The van der Waals surface area contributed by atoms with E-state index in [4.69, 9.17) is 4.52 Å². The lowest BCUT2D eigenvalue weighted by Crippen LogP contribution is -2.08. The zero-order valence-electron chi connectivity index (χ0n) is 7.07. The van der Waals surface area contributed by atoms with Gasteiger partial charge in [0.05, 0.1) is 11.3 Å². The summed E-state index contributed by atoms with van der Waals surface area (Å²) in [5, 5.41) is 0. The van der Waals surface area contributed by atoms with Gasteiger partial charge in [-0.2, -0.15) is 4.74 Å². The summed E-state index contributed by atoms with van der Waals surface area (Å²) in [5.41, 5.74) is 3.44. The molecule has 2 aromatic rings. The molecule has 1 aromatic carbocycles. The normalized spacial score (nSPS) is 11.8. The molecule has 0 unspecified atom stereocenters. The van der Waals surface area contributed by atoms with Crippen LogP contribution in [0.15, 0.2) is 33.6 Å². The van der Waals surface area contributed by atoms with Crippen molar-refractivity contribution in [1.82, 2.24) is 4.74 Å². The first-order valence-electron chi connectivity index (χ1n) is 4.12. The van der Waals surface area contributed by atoms with Crippen molar-refractivity contribution in [3.8, 4) is 16.9 Å². The maximum absolute atomic E-state index is 11.2. The number of fused-ring (bicyclic) bond motifs is 4. The van der Waals surface area contributed by atoms with E-state index in [1.54, 1.807) is 11.7 Å². The van der Waals surface area contributed by atoms with E-state index >= 15 is 0 Å². The molecule has 0 amide bonds. The highest BCUT2D eigenvalue weighted by atomic mass is 16.5. The first kappa shape index (κ1) is 6.71. The molecule has 1 aliphatic rings. The van der Waals surface area contributed by atoms with Gasteiger partial charge in [-0.1, -0.05) is 18.2 Å². The van der Waals surface area contributed by atoms with Gasteiger partial charge in [-0.3, -0.25) is 0 Å². The number of nitrogens with zero attached hydrogens (tertiary/aromatic N) is 1. The fourth-order valence-electron chi connectivity index (χ4n) is 1.73. The van der Waals surface area contributed by atoms with Gasteiger partial charge in [0.2, 0.25) is 0 Å². The molecule has 0 saturated carbocycles. The van der Waals surface area contributed by atoms with Crippen LogP contribution in [-0.2, 0) is 0 Å². The topological polar surface area (TPSA) is 35.1 Å². The second kappa shape index (κ2) is 1.93. The van der Waals surface area contributed by atoms with Crippen LogP contribution < -0.4 is 5.63 Å². The predicted octanol–water partition coefficient (Wildman–Crippen LogP) is 1.72. The van der Waals surface area contributed by atoms with Gasteiger partial charge < -0.3 is 4.52 Å². The summed E-state index contributed by atoms with van der Waals surface area (Å²) >= 11 is 0. The Hall–Kier alpha value is -1.77. The Morgan fingerprint density at radius 2 is 2.08 bits per heavy atom. The van der Waals surface area contributed by atoms with Crippen molar-refractivity contribution < 1.29 is 4.52 Å². The molecular weight excluding hydrogens is 166 g/mol. The molecule has 0 N–H and O–H groups in total. The van der Waals surface area contributed by atoms with Crippen LogP contribution in [0.5, 0.6) is 0 Å². The van der Waals surface area contributed by atoms with Gasteiger partial charge in [-0.05, 0) is 13.0 Å². The van der Waals surface area contributed by atoms with Crippen LogP contribution in [0.1, 0.15) is 5.56 Å². The summed E-state index contributed by atoms with van der Waals surface area (Å²) in [6, 6.07) is 7.81. The number of para-hydroxylation sites is 1. The summed E-state index contributed by atoms with van der Waals surface area (Å²) < 4.78 is 6.61. The molecule has 0 fully saturated rings. The zero-order valence-corrected chi connectivity index (χ0v) is 7.07. The highest BCUT2D eigenvalue weighted by Crippen LogP contribution is 2.38. The highest BCUT2D eigenvalue weighted by molar-refractivity contribution is 5.81. The van der Waals surface area contributed by atoms with Crippen LogP contribution in [0.4, 0.5) is 0 Å². The molecule has 0 aliphatic carbocycles. The third-order valence-electron chi connectivity index (χ3n) is 2.42. The third kappa shape index (κ3) is 0.628. The average molecular weight is 173 g/mol. The minimum Gasteiger partial charge on any atom is -0.331 e. The van der Waals surface area contributed by atoms with E-state index in [1.165, 1.54) is 0 Å². The molecule has 0 radical (unpaired) electrons. The van der Waals surface area contributed by atoms with E-state index in [0.717, 1.165) is 16.9 Å². The summed E-state index contributed by atoms with van der Waals surface area (Å²) in [6.45, 7) is 1.79. The molecule has 2 heterocycles. The van der Waals surface area contributed by atoms with Crippen LogP contribution in [0.25, 0.3) is 16.9 Å². The number of hydrogen-bond donors (Lipinski definition) is 0. The lowest BCUT2D eigenvalue weighted by molar-refractivity contribution is 0.318. The van der Waals surface area contributed by atoms with Gasteiger partial charge >= 0.3 is 5.63 Å². The highest BCUT2D eigenvalue weighted by Gasteiger charge is 2.28. The van der Waals surface area contributed by atoms with Crippen molar-refractivity contribution in [2.45, 2.75) is 6.92 Å². The molecule has 1 aromatic heterocycles. The van der Waals surface area contributed by atoms with Crippen LogP contribution in [0.3, 0.4) is 0 Å². The number of aromatic nitrogens is 1. The van der Waals surface area contributed by atoms with Crippen molar-refractivity contribution >= 4 is 0 Å². The first-order valence-corrected chi connectivity index (χ1v) is 4.12. The Morgan fingerprint density at radius 3 is 2.92 bits per heavy atom. The predicted molar refractivity (Wildman–Crippen MR) is 48.0 cm³/mol. The first-order chi connectivity index (χ1) is 6.29. The van der Waals surface area contributed by atoms with Crippen molar-refractivity contribution in [3.05, 3.63) is 40.2 Å². The number of benzene rings is 1. The smallest absolute Gasteiger partial charge is 0.331 e. The minimum atomic E-state index is -0.244. The number of hydrogen-bond acceptors (Lipinski definition) is 2. The van der Waals surface area contributed by atoms with Gasteiger partial charge in [0.1, 0.15) is 5.69 Å². The second-order valence-electron chi connectivity index (χ2n) is 3.16. The van der Waals surface area contributed by atoms with Crippen LogP contribution in [-0.4, -0.2) is 4.74 Å². The standard InChI is InChI=1S/C10H7NO2/c1-6-9-7-4-2-3-5-8(7)11(9)13-10(6)12/h2-5H,1H3. The third-order valence-corrected chi connectivity index (χ3v) is 2.42. The van der Waals surface area contributed by atoms with Gasteiger partial charge in [0.15, 0.2) is 0 Å². The van der Waals surface area contributed by atoms with E-state index in [1.807, 2.05) is 24.3 Å². The lowest BCUT2D eigenvalue weighted by atomic mass is 10.0. The van der Waals surface area contributed by atoms with Crippen LogP contribution >= 0.6 is 0 Å². The van der Waals surface area contributed by atoms with E-state index in [9.17, 15) is 4.79 Å². The van der Waals surface area contributed by atoms with E-state index in [0.29, 0.717) is 5.56 Å². The Balaban J connectivity index is 2.41. The van der Waals surface area contributed by atoms with E-state index < -0.39 is 0 Å². The summed E-state index contributed by atoms with van der Waals surface area (Å²) in [4.78, 5) is 11.2. The molecule has 1 aliphatic heterocycles. The van der Waals surface area contributed by atoms with Crippen molar-refractivity contribution in [3.63, 3.8) is 0 Å². The van der Waals surface area contributed by atoms with Crippen LogP contribution in [0, 0.1) is 6.92 Å². The molecule has 3 rings (SSSR count). The Bertz CT molecular complexity index is 548. The van der Waals surface area contributed by atoms with Gasteiger partial charge in [0, 0.05) is 5.56 Å². The van der Waals surface area contributed by atoms with Gasteiger partial charge in [-0.25, -0.2) is 4.79 Å². The average Bonchev–Trinajstić information content (AvgIpc) is 2.37. The molecule has 0 bridgehead atoms. The Labute approximate surface area is 74.2 Å². The molecule has 0 saturated heterocycles. The van der Waals surface area contributed by atoms with Crippen molar-refractivity contribution in [1.29, 1.82) is 0 Å². The van der Waals surface area contributed by atoms with Crippen LogP contribution in [0.2, 0.25) is 0 Å². The summed E-state index contributed by atoms with van der Waals surface area (Å²) in [5.74, 6) is 0. The molecule has 3 heteroatoms. The molecule has 0 spiro atoms. The monoisotopic (exact) mass is 173 g/mol. The van der Waals surface area contributed by atoms with Crippen molar-refractivity contribution in [2.24, 2.45) is 0 Å². The molecule has 13 heavy (non-hydrogen) atoms. The van der Waals surface area contributed by atoms with E-state index in [-0.39, 0.29) is 5.63 Å². The molecule has 3 nitrogen and oxygen atoms in total. The van der Waals surface area contributed by atoms with Gasteiger partial charge in [-0.15, -0.1) is 0 Å². The molecule has 0 atom stereocenters.